The van der Waals surface area contributed by atoms with E-state index in [0.29, 0.717) is 5.56 Å². The van der Waals surface area contributed by atoms with Crippen LogP contribution in [0.3, 0.4) is 0 Å². The molecule has 0 saturated heterocycles. The van der Waals surface area contributed by atoms with Crippen molar-refractivity contribution in [1.82, 2.24) is 0 Å². The molecule has 0 aromatic heterocycles. The van der Waals surface area contributed by atoms with E-state index in [0.717, 1.165) is 0 Å². The average Bonchev–Trinajstić information content (AvgIpc) is 1.99. The molecule has 0 saturated carbocycles. The number of rotatable bonds is 3. The molecule has 0 amide bonds. The van der Waals surface area contributed by atoms with Gasteiger partial charge in [0.2, 0.25) is 10.0 Å². The minimum absolute atomic E-state index is 0.205. The number of benzene rings is 1. The topological polar surface area (TPSA) is 60.2 Å². The summed E-state index contributed by atoms with van der Waals surface area (Å²) in [6.07, 6.45) is 0. The van der Waals surface area contributed by atoms with Gasteiger partial charge in [0.15, 0.2) is 0 Å². The Kier molecular flexibility index (Phi) is 3.16. The molecule has 0 atom stereocenters. The van der Waals surface area contributed by atoms with E-state index in [4.69, 9.17) is 5.14 Å². The lowest BCUT2D eigenvalue weighted by Gasteiger charge is -2.23. The Morgan fingerprint density at radius 3 is 2.47 bits per heavy atom. The third-order valence-corrected chi connectivity index (χ3v) is 3.29. The average molecular weight is 231 g/mol. The van der Waals surface area contributed by atoms with E-state index < -0.39 is 15.4 Å². The van der Waals surface area contributed by atoms with Crippen molar-refractivity contribution in [3.63, 3.8) is 0 Å². The third kappa shape index (κ3) is 3.60. The first-order valence-electron chi connectivity index (χ1n) is 4.47. The van der Waals surface area contributed by atoms with E-state index in [-0.39, 0.29) is 11.6 Å². The van der Waals surface area contributed by atoms with Gasteiger partial charge >= 0.3 is 0 Å². The first kappa shape index (κ1) is 12.1. The number of hydrogen-bond donors (Lipinski definition) is 1. The number of primary sulfonamides is 1. The lowest BCUT2D eigenvalue weighted by molar-refractivity contribution is 0.543. The molecule has 0 unspecified atom stereocenters. The molecule has 3 nitrogen and oxygen atoms in total. The van der Waals surface area contributed by atoms with Gasteiger partial charge in [-0.2, -0.15) is 0 Å². The van der Waals surface area contributed by atoms with Crippen LogP contribution in [-0.2, 0) is 15.4 Å². The SMILES string of the molecule is CC(C)(CS(N)(=O)=O)c1cccc(F)c1. The summed E-state index contributed by atoms with van der Waals surface area (Å²) in [5.41, 5.74) is -0.0631. The fourth-order valence-corrected chi connectivity index (χ4v) is 2.67. The summed E-state index contributed by atoms with van der Waals surface area (Å²) in [7, 11) is -3.57. The predicted molar refractivity (Wildman–Crippen MR) is 57.4 cm³/mol. The van der Waals surface area contributed by atoms with Crippen LogP contribution in [0.15, 0.2) is 24.3 Å². The summed E-state index contributed by atoms with van der Waals surface area (Å²) in [5.74, 6) is -0.585. The van der Waals surface area contributed by atoms with Gasteiger partial charge in [-0.3, -0.25) is 0 Å². The van der Waals surface area contributed by atoms with Gasteiger partial charge in [0.25, 0.3) is 0 Å². The molecule has 0 aliphatic carbocycles. The number of halogens is 1. The van der Waals surface area contributed by atoms with Gasteiger partial charge in [-0.1, -0.05) is 26.0 Å². The van der Waals surface area contributed by atoms with Crippen molar-refractivity contribution in [2.75, 3.05) is 5.75 Å². The van der Waals surface area contributed by atoms with E-state index in [2.05, 4.69) is 0 Å². The fourth-order valence-electron chi connectivity index (χ4n) is 1.50. The highest BCUT2D eigenvalue weighted by atomic mass is 32.2. The second-order valence-electron chi connectivity index (χ2n) is 4.20. The summed E-state index contributed by atoms with van der Waals surface area (Å²) in [6.45, 7) is 3.43. The number of hydrogen-bond acceptors (Lipinski definition) is 2. The zero-order valence-electron chi connectivity index (χ0n) is 8.70. The molecular formula is C10H14FNO2S. The van der Waals surface area contributed by atoms with Gasteiger partial charge in [0.1, 0.15) is 5.82 Å². The predicted octanol–water partition coefficient (Wildman–Crippen LogP) is 1.39. The summed E-state index contributed by atoms with van der Waals surface area (Å²) in [4.78, 5) is 0. The Morgan fingerprint density at radius 1 is 1.40 bits per heavy atom. The van der Waals surface area contributed by atoms with Crippen molar-refractivity contribution in [2.24, 2.45) is 5.14 Å². The maximum absolute atomic E-state index is 12.9. The molecule has 15 heavy (non-hydrogen) atoms. The zero-order valence-corrected chi connectivity index (χ0v) is 9.51. The second-order valence-corrected chi connectivity index (χ2v) is 5.82. The molecular weight excluding hydrogens is 217 g/mol. The monoisotopic (exact) mass is 231 g/mol. The molecule has 84 valence electrons. The first-order chi connectivity index (χ1) is 6.71. The van der Waals surface area contributed by atoms with Gasteiger partial charge in [0.05, 0.1) is 5.75 Å². The van der Waals surface area contributed by atoms with Gasteiger partial charge in [-0.25, -0.2) is 17.9 Å². The normalized spacial score (nSPS) is 12.8. The van der Waals surface area contributed by atoms with Gasteiger partial charge < -0.3 is 0 Å². The molecule has 5 heteroatoms. The maximum atomic E-state index is 12.9. The van der Waals surface area contributed by atoms with Crippen LogP contribution in [0, 0.1) is 5.82 Å². The lowest BCUT2D eigenvalue weighted by atomic mass is 9.87. The van der Waals surface area contributed by atoms with Crippen LogP contribution in [0.2, 0.25) is 0 Å². The van der Waals surface area contributed by atoms with Gasteiger partial charge in [-0.05, 0) is 17.7 Å². The summed E-state index contributed by atoms with van der Waals surface area (Å²) >= 11 is 0. The molecule has 0 bridgehead atoms. The maximum Gasteiger partial charge on any atom is 0.209 e. The van der Waals surface area contributed by atoms with E-state index in [9.17, 15) is 12.8 Å². The van der Waals surface area contributed by atoms with Crippen molar-refractivity contribution in [1.29, 1.82) is 0 Å². The fraction of sp³-hybridized carbons (Fsp3) is 0.400. The molecule has 2 N–H and O–H groups in total. The molecule has 0 aliphatic heterocycles. The number of nitrogens with two attached hydrogens (primary N) is 1. The van der Waals surface area contributed by atoms with Crippen LogP contribution >= 0.6 is 0 Å². The Hall–Kier alpha value is -0.940. The van der Waals surface area contributed by atoms with Gasteiger partial charge in [-0.15, -0.1) is 0 Å². The zero-order chi connectivity index (χ0) is 11.7. The molecule has 1 aromatic carbocycles. The number of sulfonamides is 1. The smallest absolute Gasteiger partial charge is 0.209 e. The second kappa shape index (κ2) is 3.90. The van der Waals surface area contributed by atoms with Crippen molar-refractivity contribution in [3.8, 4) is 0 Å². The molecule has 0 aliphatic rings. The molecule has 1 aromatic rings. The van der Waals surface area contributed by atoms with E-state index in [1.54, 1.807) is 26.0 Å². The van der Waals surface area contributed by atoms with Gasteiger partial charge in [0, 0.05) is 5.41 Å². The summed E-state index contributed by atoms with van der Waals surface area (Å²) < 4.78 is 34.9. The molecule has 0 fully saturated rings. The Labute approximate surface area is 89.2 Å². The van der Waals surface area contributed by atoms with Crippen LogP contribution in [0.1, 0.15) is 19.4 Å². The Bertz CT molecular complexity index is 454. The summed E-state index contributed by atoms with van der Waals surface area (Å²) in [6, 6.07) is 5.88. The van der Waals surface area contributed by atoms with Crippen molar-refractivity contribution >= 4 is 10.0 Å². The van der Waals surface area contributed by atoms with Crippen LogP contribution in [0.5, 0.6) is 0 Å². The molecule has 0 spiro atoms. The van der Waals surface area contributed by atoms with Crippen LogP contribution < -0.4 is 5.14 Å². The Balaban J connectivity index is 3.06. The van der Waals surface area contributed by atoms with E-state index in [1.165, 1.54) is 12.1 Å². The largest absolute Gasteiger partial charge is 0.229 e. The molecule has 0 radical (unpaired) electrons. The lowest BCUT2D eigenvalue weighted by Crippen LogP contribution is -2.32. The van der Waals surface area contributed by atoms with Crippen LogP contribution in [0.4, 0.5) is 4.39 Å². The third-order valence-electron chi connectivity index (χ3n) is 2.17. The molecule has 0 heterocycles. The first-order valence-corrected chi connectivity index (χ1v) is 6.19. The van der Waals surface area contributed by atoms with Crippen molar-refractivity contribution < 1.29 is 12.8 Å². The van der Waals surface area contributed by atoms with Crippen molar-refractivity contribution in [3.05, 3.63) is 35.6 Å². The highest BCUT2D eigenvalue weighted by molar-refractivity contribution is 7.89. The summed E-state index contributed by atoms with van der Waals surface area (Å²) in [5, 5.41) is 4.98. The highest BCUT2D eigenvalue weighted by Crippen LogP contribution is 2.24. The minimum atomic E-state index is -3.57. The minimum Gasteiger partial charge on any atom is -0.229 e. The Morgan fingerprint density at radius 2 is 2.00 bits per heavy atom. The molecule has 1 rings (SSSR count). The van der Waals surface area contributed by atoms with Crippen LogP contribution in [-0.4, -0.2) is 14.2 Å². The quantitative estimate of drug-likeness (QED) is 0.854. The highest BCUT2D eigenvalue weighted by Gasteiger charge is 2.26. The van der Waals surface area contributed by atoms with Crippen molar-refractivity contribution in [2.45, 2.75) is 19.3 Å². The van der Waals surface area contributed by atoms with E-state index >= 15 is 0 Å². The van der Waals surface area contributed by atoms with E-state index in [1.807, 2.05) is 0 Å². The standard InChI is InChI=1S/C10H14FNO2S/c1-10(2,7-15(12,13)14)8-4-3-5-9(11)6-8/h3-6H,7H2,1-2H3,(H2,12,13,14). The van der Waals surface area contributed by atoms with Crippen LogP contribution in [0.25, 0.3) is 0 Å².